The summed E-state index contributed by atoms with van der Waals surface area (Å²) >= 11 is 0. The SMILES string of the molecule is CC(C)=CCCC(C)CC1N2CCCN1CC2. The second kappa shape index (κ2) is 6.01. The molecule has 0 spiro atoms. The summed E-state index contributed by atoms with van der Waals surface area (Å²) < 4.78 is 0. The average molecular weight is 236 g/mol. The van der Waals surface area contributed by atoms with Crippen molar-refractivity contribution in [2.24, 2.45) is 5.92 Å². The first-order chi connectivity index (χ1) is 8.16. The molecule has 0 aliphatic carbocycles. The number of hydrogen-bond acceptors (Lipinski definition) is 2. The topological polar surface area (TPSA) is 6.48 Å². The summed E-state index contributed by atoms with van der Waals surface area (Å²) in [6, 6.07) is 0. The quantitative estimate of drug-likeness (QED) is 0.677. The minimum Gasteiger partial charge on any atom is -0.287 e. The van der Waals surface area contributed by atoms with E-state index >= 15 is 0 Å². The van der Waals surface area contributed by atoms with Gasteiger partial charge in [-0.25, -0.2) is 0 Å². The Morgan fingerprint density at radius 1 is 1.18 bits per heavy atom. The molecule has 98 valence electrons. The zero-order valence-electron chi connectivity index (χ0n) is 11.8. The smallest absolute Gasteiger partial charge is 0.0625 e. The van der Waals surface area contributed by atoms with Crippen LogP contribution in [0.5, 0.6) is 0 Å². The molecule has 0 radical (unpaired) electrons. The first-order valence-electron chi connectivity index (χ1n) is 7.28. The molecular formula is C15H28N2. The molecule has 0 saturated carbocycles. The fourth-order valence-electron chi connectivity index (χ4n) is 3.22. The van der Waals surface area contributed by atoms with Crippen LogP contribution in [0.25, 0.3) is 0 Å². The van der Waals surface area contributed by atoms with Gasteiger partial charge in [0.25, 0.3) is 0 Å². The van der Waals surface area contributed by atoms with Gasteiger partial charge in [-0.1, -0.05) is 18.6 Å². The number of hydrogen-bond donors (Lipinski definition) is 0. The number of fused-ring (bicyclic) bond motifs is 2. The Morgan fingerprint density at radius 2 is 1.82 bits per heavy atom. The fourth-order valence-corrected chi connectivity index (χ4v) is 3.22. The van der Waals surface area contributed by atoms with E-state index in [1.807, 2.05) is 0 Å². The molecule has 2 saturated heterocycles. The lowest BCUT2D eigenvalue weighted by Gasteiger charge is -2.36. The van der Waals surface area contributed by atoms with Gasteiger partial charge < -0.3 is 0 Å². The van der Waals surface area contributed by atoms with Crippen LogP contribution in [-0.2, 0) is 0 Å². The second-order valence-electron chi connectivity index (χ2n) is 6.11. The summed E-state index contributed by atoms with van der Waals surface area (Å²) in [6.07, 6.45) is 8.51. The zero-order chi connectivity index (χ0) is 12.3. The number of rotatable bonds is 5. The summed E-state index contributed by atoms with van der Waals surface area (Å²) in [4.78, 5) is 5.39. The third kappa shape index (κ3) is 3.56. The van der Waals surface area contributed by atoms with E-state index < -0.39 is 0 Å². The van der Waals surface area contributed by atoms with Crippen molar-refractivity contribution in [1.82, 2.24) is 9.80 Å². The molecule has 0 N–H and O–H groups in total. The Morgan fingerprint density at radius 3 is 2.41 bits per heavy atom. The molecule has 0 aromatic carbocycles. The predicted octanol–water partition coefficient (Wildman–Crippen LogP) is 3.11. The van der Waals surface area contributed by atoms with Crippen LogP contribution in [0.3, 0.4) is 0 Å². The third-order valence-electron chi connectivity index (χ3n) is 4.23. The van der Waals surface area contributed by atoms with E-state index in [0.29, 0.717) is 0 Å². The highest BCUT2D eigenvalue weighted by atomic mass is 15.4. The first-order valence-corrected chi connectivity index (χ1v) is 7.28. The lowest BCUT2D eigenvalue weighted by Crippen LogP contribution is -2.45. The Bertz CT molecular complexity index is 252. The average Bonchev–Trinajstić information content (AvgIpc) is 2.50. The summed E-state index contributed by atoms with van der Waals surface area (Å²) in [6.45, 7) is 12.1. The highest BCUT2D eigenvalue weighted by Gasteiger charge is 2.34. The van der Waals surface area contributed by atoms with Crippen LogP contribution in [-0.4, -0.2) is 42.1 Å². The van der Waals surface area contributed by atoms with Gasteiger partial charge in [0.2, 0.25) is 0 Å². The Balaban J connectivity index is 1.75. The van der Waals surface area contributed by atoms with Crippen molar-refractivity contribution in [2.45, 2.75) is 52.6 Å². The summed E-state index contributed by atoms with van der Waals surface area (Å²) in [5, 5.41) is 0. The van der Waals surface area contributed by atoms with Gasteiger partial charge in [0.15, 0.2) is 0 Å². The molecule has 2 nitrogen and oxygen atoms in total. The highest BCUT2D eigenvalue weighted by molar-refractivity contribution is 4.93. The molecule has 2 rings (SSSR count). The van der Waals surface area contributed by atoms with Crippen LogP contribution in [0, 0.1) is 5.92 Å². The van der Waals surface area contributed by atoms with Crippen molar-refractivity contribution in [3.8, 4) is 0 Å². The fraction of sp³-hybridized carbons (Fsp3) is 0.867. The molecule has 2 fully saturated rings. The van der Waals surface area contributed by atoms with Crippen LogP contribution in [0.15, 0.2) is 11.6 Å². The van der Waals surface area contributed by atoms with Gasteiger partial charge in [-0.2, -0.15) is 0 Å². The molecule has 0 aromatic rings. The maximum Gasteiger partial charge on any atom is 0.0625 e. The standard InChI is InChI=1S/C15H28N2/c1-13(2)6-4-7-14(3)12-15-16-8-5-9-17(15)11-10-16/h6,14-15H,4-5,7-12H2,1-3H3. The molecule has 3 unspecified atom stereocenters. The predicted molar refractivity (Wildman–Crippen MR) is 74.0 cm³/mol. The molecule has 2 bridgehead atoms. The number of allylic oxidation sites excluding steroid dienone is 2. The van der Waals surface area contributed by atoms with Gasteiger partial charge in [-0.05, 0) is 45.4 Å². The van der Waals surface area contributed by atoms with Crippen molar-refractivity contribution in [1.29, 1.82) is 0 Å². The maximum absolute atomic E-state index is 2.70. The highest BCUT2D eigenvalue weighted by Crippen LogP contribution is 2.27. The van der Waals surface area contributed by atoms with Gasteiger partial charge in [-0.3, -0.25) is 9.80 Å². The first kappa shape index (κ1) is 13.1. The largest absolute Gasteiger partial charge is 0.287 e. The molecule has 2 aliphatic heterocycles. The van der Waals surface area contributed by atoms with E-state index in [0.717, 1.165) is 12.1 Å². The molecule has 2 aliphatic rings. The maximum atomic E-state index is 2.70. The van der Waals surface area contributed by atoms with E-state index in [2.05, 4.69) is 36.6 Å². The summed E-state index contributed by atoms with van der Waals surface area (Å²) in [5.74, 6) is 0.858. The van der Waals surface area contributed by atoms with Crippen molar-refractivity contribution < 1.29 is 0 Å². The van der Waals surface area contributed by atoms with Gasteiger partial charge in [0.05, 0.1) is 6.17 Å². The van der Waals surface area contributed by atoms with Crippen molar-refractivity contribution in [3.63, 3.8) is 0 Å². The summed E-state index contributed by atoms with van der Waals surface area (Å²) in [5.41, 5.74) is 1.46. The Hall–Kier alpha value is -0.340. The van der Waals surface area contributed by atoms with Crippen LogP contribution in [0.1, 0.15) is 46.5 Å². The normalized spacial score (nSPS) is 33.5. The van der Waals surface area contributed by atoms with Gasteiger partial charge in [0.1, 0.15) is 0 Å². The van der Waals surface area contributed by atoms with E-state index in [1.165, 1.54) is 57.4 Å². The molecule has 17 heavy (non-hydrogen) atoms. The van der Waals surface area contributed by atoms with E-state index in [1.54, 1.807) is 0 Å². The zero-order valence-corrected chi connectivity index (χ0v) is 11.8. The van der Waals surface area contributed by atoms with E-state index in [9.17, 15) is 0 Å². The van der Waals surface area contributed by atoms with E-state index in [4.69, 9.17) is 0 Å². The van der Waals surface area contributed by atoms with E-state index in [-0.39, 0.29) is 0 Å². The molecule has 0 amide bonds. The molecule has 2 heteroatoms. The summed E-state index contributed by atoms with van der Waals surface area (Å²) in [7, 11) is 0. The van der Waals surface area contributed by atoms with Crippen LogP contribution < -0.4 is 0 Å². The van der Waals surface area contributed by atoms with Crippen molar-refractivity contribution in [3.05, 3.63) is 11.6 Å². The molecule has 0 aromatic heterocycles. The van der Waals surface area contributed by atoms with Gasteiger partial charge in [0, 0.05) is 26.2 Å². The number of nitrogens with zero attached hydrogens (tertiary/aromatic N) is 2. The van der Waals surface area contributed by atoms with Gasteiger partial charge >= 0.3 is 0 Å². The van der Waals surface area contributed by atoms with Crippen molar-refractivity contribution >= 4 is 0 Å². The Labute approximate surface area is 107 Å². The molecule has 3 atom stereocenters. The van der Waals surface area contributed by atoms with Crippen LogP contribution in [0.2, 0.25) is 0 Å². The minimum absolute atomic E-state index is 0.769. The molecular weight excluding hydrogens is 208 g/mol. The van der Waals surface area contributed by atoms with Crippen LogP contribution >= 0.6 is 0 Å². The third-order valence-corrected chi connectivity index (χ3v) is 4.23. The lowest BCUT2D eigenvalue weighted by molar-refractivity contribution is 0.0719. The minimum atomic E-state index is 0.769. The lowest BCUT2D eigenvalue weighted by atomic mass is 9.98. The monoisotopic (exact) mass is 236 g/mol. The van der Waals surface area contributed by atoms with Gasteiger partial charge in [-0.15, -0.1) is 0 Å². The van der Waals surface area contributed by atoms with Crippen molar-refractivity contribution in [2.75, 3.05) is 26.2 Å². The second-order valence-corrected chi connectivity index (χ2v) is 6.11. The van der Waals surface area contributed by atoms with Crippen LogP contribution in [0.4, 0.5) is 0 Å². The Kier molecular flexibility index (Phi) is 4.63. The molecule has 2 heterocycles.